The van der Waals surface area contributed by atoms with E-state index in [1.807, 2.05) is 52.0 Å². The second-order valence-electron chi connectivity index (χ2n) is 1.73. The lowest BCUT2D eigenvalue weighted by atomic mass is 10.3. The molecule has 0 rings (SSSR count). The molecular formula is C10H18. The molecule has 0 atom stereocenters. The maximum atomic E-state index is 3.71. The normalized spacial score (nSPS) is 9.60. The maximum Gasteiger partial charge on any atom is -0.0404 e. The van der Waals surface area contributed by atoms with E-state index in [4.69, 9.17) is 0 Å². The molecule has 0 saturated carbocycles. The second kappa shape index (κ2) is 11.1. The Hall–Kier alpha value is -0.780. The summed E-state index contributed by atoms with van der Waals surface area (Å²) in [4.78, 5) is 0. The Morgan fingerprint density at radius 2 is 1.70 bits per heavy atom. The minimum absolute atomic E-state index is 1.09. The van der Waals surface area contributed by atoms with E-state index in [9.17, 15) is 0 Å². The average Bonchev–Trinajstić information content (AvgIpc) is 1.92. The first-order valence-corrected chi connectivity index (χ1v) is 3.72. The Bertz CT molecular complexity index is 116. The third kappa shape index (κ3) is 15.7. The van der Waals surface area contributed by atoms with Crippen LogP contribution in [0.2, 0.25) is 0 Å². The van der Waals surface area contributed by atoms with Crippen LogP contribution in [0.5, 0.6) is 0 Å². The quantitative estimate of drug-likeness (QED) is 0.510. The predicted molar refractivity (Wildman–Crippen MR) is 50.1 cm³/mol. The molecule has 0 unspecified atom stereocenters. The van der Waals surface area contributed by atoms with E-state index in [1.165, 1.54) is 0 Å². The SMILES string of the molecule is C=C(C)/C=C\C=C/C.CC. The summed E-state index contributed by atoms with van der Waals surface area (Å²) in [5.41, 5.74) is 1.09. The Morgan fingerprint density at radius 1 is 1.20 bits per heavy atom. The number of allylic oxidation sites excluding steroid dienone is 5. The largest absolute Gasteiger partial charge is 0.0961 e. The van der Waals surface area contributed by atoms with Gasteiger partial charge in [0.1, 0.15) is 0 Å². The smallest absolute Gasteiger partial charge is 0.0404 e. The highest BCUT2D eigenvalue weighted by atomic mass is 13.7. The minimum Gasteiger partial charge on any atom is -0.0961 e. The molecular weight excluding hydrogens is 120 g/mol. The van der Waals surface area contributed by atoms with Crippen molar-refractivity contribution in [3.8, 4) is 0 Å². The molecule has 0 bridgehead atoms. The Labute approximate surface area is 65.0 Å². The molecule has 0 spiro atoms. The molecule has 10 heavy (non-hydrogen) atoms. The van der Waals surface area contributed by atoms with Crippen LogP contribution in [0.25, 0.3) is 0 Å². The van der Waals surface area contributed by atoms with E-state index >= 15 is 0 Å². The van der Waals surface area contributed by atoms with E-state index in [1.54, 1.807) is 0 Å². The first-order chi connectivity index (χ1) is 4.77. The zero-order valence-corrected chi connectivity index (χ0v) is 7.52. The van der Waals surface area contributed by atoms with Crippen LogP contribution in [0, 0.1) is 0 Å². The zero-order valence-electron chi connectivity index (χ0n) is 7.52. The predicted octanol–water partition coefficient (Wildman–Crippen LogP) is 3.72. The highest BCUT2D eigenvalue weighted by Crippen LogP contribution is 1.88. The van der Waals surface area contributed by atoms with Gasteiger partial charge in [0.05, 0.1) is 0 Å². The molecule has 58 valence electrons. The van der Waals surface area contributed by atoms with Crippen LogP contribution in [-0.2, 0) is 0 Å². The molecule has 0 heterocycles. The van der Waals surface area contributed by atoms with Gasteiger partial charge in [-0.2, -0.15) is 0 Å². The van der Waals surface area contributed by atoms with Crippen LogP contribution >= 0.6 is 0 Å². The van der Waals surface area contributed by atoms with Crippen molar-refractivity contribution in [3.63, 3.8) is 0 Å². The van der Waals surface area contributed by atoms with Gasteiger partial charge in [0.2, 0.25) is 0 Å². The molecule has 0 aliphatic heterocycles. The first-order valence-electron chi connectivity index (χ1n) is 3.72. The highest BCUT2D eigenvalue weighted by Gasteiger charge is 1.66. The van der Waals surface area contributed by atoms with E-state index in [0.717, 1.165) is 5.57 Å². The molecule has 0 aromatic rings. The van der Waals surface area contributed by atoms with Crippen molar-refractivity contribution in [2.75, 3.05) is 0 Å². The van der Waals surface area contributed by atoms with Gasteiger partial charge in [0.25, 0.3) is 0 Å². The van der Waals surface area contributed by atoms with Gasteiger partial charge in [-0.1, -0.05) is 50.3 Å². The lowest BCUT2D eigenvalue weighted by molar-refractivity contribution is 1.50. The minimum atomic E-state index is 1.09. The fourth-order valence-corrected chi connectivity index (χ4v) is 0.331. The summed E-state index contributed by atoms with van der Waals surface area (Å²) < 4.78 is 0. The van der Waals surface area contributed by atoms with Crippen molar-refractivity contribution in [2.24, 2.45) is 0 Å². The molecule has 0 radical (unpaired) electrons. The molecule has 0 aromatic heterocycles. The molecule has 0 aliphatic carbocycles. The molecule has 0 fully saturated rings. The number of rotatable bonds is 2. The van der Waals surface area contributed by atoms with Crippen LogP contribution in [0.4, 0.5) is 0 Å². The summed E-state index contributed by atoms with van der Waals surface area (Å²) in [6.45, 7) is 11.7. The van der Waals surface area contributed by atoms with Crippen LogP contribution < -0.4 is 0 Å². The van der Waals surface area contributed by atoms with Gasteiger partial charge in [-0.05, 0) is 13.8 Å². The summed E-state index contributed by atoms with van der Waals surface area (Å²) in [5, 5.41) is 0. The van der Waals surface area contributed by atoms with Crippen molar-refractivity contribution >= 4 is 0 Å². The third-order valence-corrected chi connectivity index (χ3v) is 0.684. The summed E-state index contributed by atoms with van der Waals surface area (Å²) in [6.07, 6.45) is 7.91. The Morgan fingerprint density at radius 3 is 2.00 bits per heavy atom. The standard InChI is InChI=1S/C8H12.C2H6/c1-4-5-6-7-8(2)3;1-2/h4-7H,2H2,1,3H3;1-2H3/b5-4-,7-6-;. The monoisotopic (exact) mass is 138 g/mol. The van der Waals surface area contributed by atoms with Crippen molar-refractivity contribution in [1.82, 2.24) is 0 Å². The molecule has 0 N–H and O–H groups in total. The van der Waals surface area contributed by atoms with Gasteiger partial charge in [0.15, 0.2) is 0 Å². The van der Waals surface area contributed by atoms with Gasteiger partial charge in [-0.15, -0.1) is 0 Å². The van der Waals surface area contributed by atoms with Gasteiger partial charge < -0.3 is 0 Å². The van der Waals surface area contributed by atoms with Crippen molar-refractivity contribution < 1.29 is 0 Å². The molecule has 0 heteroatoms. The topological polar surface area (TPSA) is 0 Å². The molecule has 0 aliphatic rings. The fourth-order valence-electron chi connectivity index (χ4n) is 0.331. The van der Waals surface area contributed by atoms with Crippen molar-refractivity contribution in [2.45, 2.75) is 27.7 Å². The van der Waals surface area contributed by atoms with Gasteiger partial charge in [-0.3, -0.25) is 0 Å². The van der Waals surface area contributed by atoms with E-state index in [0.29, 0.717) is 0 Å². The lowest BCUT2D eigenvalue weighted by Crippen LogP contribution is -1.56. The van der Waals surface area contributed by atoms with Crippen LogP contribution in [0.1, 0.15) is 27.7 Å². The van der Waals surface area contributed by atoms with Gasteiger partial charge in [0, 0.05) is 0 Å². The fraction of sp³-hybridized carbons (Fsp3) is 0.400. The zero-order chi connectivity index (χ0) is 8.41. The third-order valence-electron chi connectivity index (χ3n) is 0.684. The van der Waals surface area contributed by atoms with Crippen LogP contribution in [-0.4, -0.2) is 0 Å². The number of hydrogen-bond donors (Lipinski definition) is 0. The van der Waals surface area contributed by atoms with Crippen molar-refractivity contribution in [1.29, 1.82) is 0 Å². The Balaban J connectivity index is 0. The highest BCUT2D eigenvalue weighted by molar-refractivity contribution is 5.16. The van der Waals surface area contributed by atoms with Gasteiger partial charge in [-0.25, -0.2) is 0 Å². The van der Waals surface area contributed by atoms with Crippen LogP contribution in [0.3, 0.4) is 0 Å². The lowest BCUT2D eigenvalue weighted by Gasteiger charge is -1.78. The van der Waals surface area contributed by atoms with Crippen molar-refractivity contribution in [3.05, 3.63) is 36.5 Å². The summed E-state index contributed by atoms with van der Waals surface area (Å²) in [5.74, 6) is 0. The second-order valence-corrected chi connectivity index (χ2v) is 1.73. The summed E-state index contributed by atoms with van der Waals surface area (Å²) >= 11 is 0. The van der Waals surface area contributed by atoms with E-state index < -0.39 is 0 Å². The molecule has 0 saturated heterocycles. The average molecular weight is 138 g/mol. The Kier molecular flexibility index (Phi) is 13.2. The summed E-state index contributed by atoms with van der Waals surface area (Å²) in [7, 11) is 0. The summed E-state index contributed by atoms with van der Waals surface area (Å²) in [6, 6.07) is 0. The maximum absolute atomic E-state index is 3.71. The van der Waals surface area contributed by atoms with Gasteiger partial charge >= 0.3 is 0 Å². The number of hydrogen-bond acceptors (Lipinski definition) is 0. The molecule has 0 aromatic carbocycles. The first kappa shape index (κ1) is 12.0. The van der Waals surface area contributed by atoms with E-state index in [-0.39, 0.29) is 0 Å². The molecule has 0 amide bonds. The van der Waals surface area contributed by atoms with E-state index in [2.05, 4.69) is 6.58 Å². The molecule has 0 nitrogen and oxygen atoms in total. The van der Waals surface area contributed by atoms with Crippen LogP contribution in [0.15, 0.2) is 36.5 Å².